The molecule has 0 N–H and O–H groups in total. The maximum absolute atomic E-state index is 15.0. The quantitative estimate of drug-likeness (QED) is 0.190. The Labute approximate surface area is 223 Å². The van der Waals surface area contributed by atoms with Crippen molar-refractivity contribution in [2.24, 2.45) is 0 Å². The van der Waals surface area contributed by atoms with Gasteiger partial charge >= 0.3 is 0 Å². The predicted molar refractivity (Wildman–Crippen MR) is 143 cm³/mol. The number of rotatable bonds is 8. The van der Waals surface area contributed by atoms with E-state index in [1.807, 2.05) is 34.9 Å². The second-order valence-electron chi connectivity index (χ2n) is 10.2. The number of halogens is 2. The fourth-order valence-electron chi connectivity index (χ4n) is 5.39. The number of carbonyl (C=O) groups excluding carboxylic acids is 2. The molecule has 2 saturated heterocycles. The molecule has 2 fully saturated rings. The highest BCUT2D eigenvalue weighted by atomic mass is 32.1. The van der Waals surface area contributed by atoms with Crippen molar-refractivity contribution < 1.29 is 23.1 Å². The van der Waals surface area contributed by atoms with Crippen molar-refractivity contribution in [1.82, 2.24) is 14.3 Å². The zero-order valence-corrected chi connectivity index (χ0v) is 21.8. The Kier molecular flexibility index (Phi) is 6.97. The van der Waals surface area contributed by atoms with Gasteiger partial charge in [0.25, 0.3) is 0 Å². The minimum absolute atomic E-state index is 0.0260. The molecule has 1 amide bonds. The third-order valence-corrected chi connectivity index (χ3v) is 8.55. The van der Waals surface area contributed by atoms with Crippen LogP contribution in [0.2, 0.25) is 0 Å². The topological polar surface area (TPSA) is 63.9 Å². The van der Waals surface area contributed by atoms with Gasteiger partial charge in [0.15, 0.2) is 10.7 Å². The molecule has 6 rings (SSSR count). The van der Waals surface area contributed by atoms with Crippen LogP contribution in [0.15, 0.2) is 42.6 Å². The van der Waals surface area contributed by atoms with Gasteiger partial charge in [-0.2, -0.15) is 0 Å². The van der Waals surface area contributed by atoms with Gasteiger partial charge in [-0.25, -0.2) is 13.8 Å². The van der Waals surface area contributed by atoms with Crippen LogP contribution in [0.4, 0.5) is 8.78 Å². The van der Waals surface area contributed by atoms with Crippen molar-refractivity contribution >= 4 is 38.2 Å². The first kappa shape index (κ1) is 25.1. The number of benzene rings is 2. The maximum Gasteiger partial charge on any atom is 0.225 e. The maximum atomic E-state index is 15.0. The van der Waals surface area contributed by atoms with Crippen LogP contribution in [0.1, 0.15) is 67.0 Å². The molecule has 0 bridgehead atoms. The molecule has 0 radical (unpaired) electrons. The van der Waals surface area contributed by atoms with E-state index in [4.69, 9.17) is 4.74 Å². The largest absolute Gasteiger partial charge is 0.374 e. The fraction of sp³-hybridized carbons (Fsp3) is 0.414. The zero-order chi connectivity index (χ0) is 26.2. The van der Waals surface area contributed by atoms with E-state index >= 15 is 0 Å². The summed E-state index contributed by atoms with van der Waals surface area (Å²) in [6.45, 7) is 1.75. The van der Waals surface area contributed by atoms with Crippen molar-refractivity contribution in [3.8, 4) is 11.3 Å². The van der Waals surface area contributed by atoms with E-state index in [-0.39, 0.29) is 30.0 Å². The molecule has 6 nitrogen and oxygen atoms in total. The second kappa shape index (κ2) is 10.5. The minimum Gasteiger partial charge on any atom is -0.374 e. The lowest BCUT2D eigenvalue weighted by molar-refractivity contribution is -0.135. The van der Waals surface area contributed by atoms with E-state index < -0.39 is 6.17 Å². The Balaban J connectivity index is 1.12. The van der Waals surface area contributed by atoms with Gasteiger partial charge in [-0.1, -0.05) is 17.4 Å². The Bertz CT molecular complexity index is 1510. The van der Waals surface area contributed by atoms with E-state index in [0.29, 0.717) is 49.2 Å². The van der Waals surface area contributed by atoms with E-state index in [2.05, 4.69) is 4.98 Å². The second-order valence-corrected chi connectivity index (χ2v) is 11.2. The van der Waals surface area contributed by atoms with Gasteiger partial charge in [0.2, 0.25) is 5.91 Å². The number of hydrogen-bond acceptors (Lipinski definition) is 5. The van der Waals surface area contributed by atoms with Crippen LogP contribution in [-0.2, 0) is 9.53 Å². The van der Waals surface area contributed by atoms with Crippen LogP contribution in [0, 0.1) is 5.82 Å². The Morgan fingerprint density at radius 3 is 2.84 bits per heavy atom. The average molecular weight is 538 g/mol. The number of ketones is 1. The molecule has 9 heteroatoms. The van der Waals surface area contributed by atoms with Gasteiger partial charge in [-0.3, -0.25) is 14.0 Å². The minimum atomic E-state index is -1.02. The number of likely N-dealkylation sites (tertiary alicyclic amines) is 1. The number of carbonyl (C=O) groups is 2. The van der Waals surface area contributed by atoms with Gasteiger partial charge in [0.1, 0.15) is 12.0 Å². The highest BCUT2D eigenvalue weighted by molar-refractivity contribution is 7.23. The number of amides is 1. The summed E-state index contributed by atoms with van der Waals surface area (Å²) < 4.78 is 36.8. The molecule has 4 heterocycles. The smallest absolute Gasteiger partial charge is 0.225 e. The van der Waals surface area contributed by atoms with Crippen LogP contribution < -0.4 is 0 Å². The van der Waals surface area contributed by atoms with Crippen molar-refractivity contribution in [1.29, 1.82) is 0 Å². The molecule has 0 saturated carbocycles. The molecule has 38 heavy (non-hydrogen) atoms. The summed E-state index contributed by atoms with van der Waals surface area (Å²) in [6.07, 6.45) is 4.86. The number of Topliss-reactive ketones (excluding diaryl/α,β-unsaturated/α-hetero) is 1. The molecule has 0 aliphatic carbocycles. The Morgan fingerprint density at radius 2 is 2.05 bits per heavy atom. The van der Waals surface area contributed by atoms with E-state index in [1.165, 1.54) is 11.3 Å². The number of fused-ring (bicyclic) bond motifs is 3. The highest BCUT2D eigenvalue weighted by Gasteiger charge is 2.25. The summed E-state index contributed by atoms with van der Waals surface area (Å²) in [5.41, 5.74) is 3.46. The fourth-order valence-corrected chi connectivity index (χ4v) is 6.44. The van der Waals surface area contributed by atoms with Crippen molar-refractivity contribution in [3.05, 3.63) is 59.5 Å². The number of nitrogens with zero attached hydrogens (tertiary/aromatic N) is 3. The summed E-state index contributed by atoms with van der Waals surface area (Å²) in [6, 6.07) is 10.9. The number of piperidine rings is 1. The van der Waals surface area contributed by atoms with Gasteiger partial charge in [-0.15, -0.1) is 0 Å². The van der Waals surface area contributed by atoms with Crippen LogP contribution >= 0.6 is 11.3 Å². The third kappa shape index (κ3) is 4.97. The van der Waals surface area contributed by atoms with E-state index in [1.54, 1.807) is 17.0 Å². The first-order chi connectivity index (χ1) is 18.5. The number of thiazole rings is 1. The summed E-state index contributed by atoms with van der Waals surface area (Å²) >= 11 is 1.47. The molecule has 2 aliphatic heterocycles. The number of ether oxygens (including phenoxy) is 1. The summed E-state index contributed by atoms with van der Waals surface area (Å²) in [5.74, 6) is -0.386. The molecule has 2 atom stereocenters. The number of alkyl halides is 1. The van der Waals surface area contributed by atoms with Gasteiger partial charge in [0.05, 0.1) is 28.4 Å². The number of aromatic nitrogens is 2. The molecule has 198 valence electrons. The highest BCUT2D eigenvalue weighted by Crippen LogP contribution is 2.34. The van der Waals surface area contributed by atoms with Crippen LogP contribution in [-0.4, -0.2) is 51.8 Å². The van der Waals surface area contributed by atoms with Crippen LogP contribution in [0.3, 0.4) is 0 Å². The molecule has 2 aliphatic rings. The molecule has 0 spiro atoms. The summed E-state index contributed by atoms with van der Waals surface area (Å²) in [7, 11) is 0. The van der Waals surface area contributed by atoms with E-state index in [0.717, 1.165) is 46.6 Å². The van der Waals surface area contributed by atoms with Crippen LogP contribution in [0.5, 0.6) is 0 Å². The predicted octanol–water partition coefficient (Wildman–Crippen LogP) is 6.52. The lowest BCUT2D eigenvalue weighted by Gasteiger charge is -2.28. The lowest BCUT2D eigenvalue weighted by Crippen LogP contribution is -2.40. The van der Waals surface area contributed by atoms with Crippen LogP contribution in [0.25, 0.3) is 26.4 Å². The van der Waals surface area contributed by atoms with E-state index in [9.17, 15) is 18.4 Å². The first-order valence-electron chi connectivity index (χ1n) is 13.2. The van der Waals surface area contributed by atoms with Crippen molar-refractivity contribution in [2.75, 3.05) is 19.7 Å². The molecular weight excluding hydrogens is 508 g/mol. The number of imidazole rings is 1. The zero-order valence-electron chi connectivity index (χ0n) is 21.0. The molecule has 1 unspecified atom stereocenters. The average Bonchev–Trinajstić information content (AvgIpc) is 3.64. The Morgan fingerprint density at radius 1 is 1.16 bits per heavy atom. The van der Waals surface area contributed by atoms with Crippen molar-refractivity contribution in [2.45, 2.75) is 57.2 Å². The standard InChI is InChI=1S/C29H29F2N3O3S/c30-20-10-12-33(28(36)16-20)11-2-1-4-25(35)18-7-9-24-27(15-18)38-29-32-23(17-34(24)29)21-8-6-19(14-22(21)31)26-5-3-13-37-26/h6-9,14-15,17,20,26H,1-5,10-13,16H2/t20?,26-/m0/s1. The van der Waals surface area contributed by atoms with Crippen molar-refractivity contribution in [3.63, 3.8) is 0 Å². The van der Waals surface area contributed by atoms with Gasteiger partial charge in [0, 0.05) is 43.4 Å². The van der Waals surface area contributed by atoms with Gasteiger partial charge in [-0.05, 0) is 68.0 Å². The molecule has 2 aromatic heterocycles. The Hall–Kier alpha value is -3.17. The SMILES string of the molecule is O=C(CCCCN1CCC(F)CC1=O)c1ccc2c(c1)sc1nc(-c3ccc([C@@H]4CCCO4)cc3F)cn12. The molecule has 2 aromatic carbocycles. The lowest BCUT2D eigenvalue weighted by atomic mass is 10.0. The third-order valence-electron chi connectivity index (χ3n) is 7.53. The monoisotopic (exact) mass is 537 g/mol. The normalized spacial score (nSPS) is 20.2. The first-order valence-corrected chi connectivity index (χ1v) is 14.1. The summed E-state index contributed by atoms with van der Waals surface area (Å²) in [5, 5.41) is 0. The number of unbranched alkanes of at least 4 members (excludes halogenated alkanes) is 1. The number of hydrogen-bond donors (Lipinski definition) is 0. The molecule has 4 aromatic rings. The van der Waals surface area contributed by atoms with Gasteiger partial charge < -0.3 is 9.64 Å². The summed E-state index contributed by atoms with van der Waals surface area (Å²) in [4.78, 5) is 31.8. The molecular formula is C29H29F2N3O3S.